The molecule has 0 heterocycles. The number of hydrogen-bond donors (Lipinski definition) is 1. The number of nitrogens with two attached hydrogens (primary N) is 1. The third-order valence-corrected chi connectivity index (χ3v) is 2.28. The molecule has 84 valence electrons. The largest absolute Gasteiger partial charge is 0.324 e. The molecular formula is C12H17ClFN. The van der Waals surface area contributed by atoms with Gasteiger partial charge in [-0.15, -0.1) is 19.0 Å². The lowest BCUT2D eigenvalue weighted by Crippen LogP contribution is -2.12. The van der Waals surface area contributed by atoms with Gasteiger partial charge < -0.3 is 5.73 Å². The van der Waals surface area contributed by atoms with Crippen molar-refractivity contribution >= 4 is 12.4 Å². The monoisotopic (exact) mass is 229 g/mol. The van der Waals surface area contributed by atoms with Gasteiger partial charge in [-0.2, -0.15) is 0 Å². The highest BCUT2D eigenvalue weighted by atomic mass is 35.5. The Labute approximate surface area is 96.6 Å². The average Bonchev–Trinajstić information content (AvgIpc) is 2.08. The summed E-state index contributed by atoms with van der Waals surface area (Å²) in [7, 11) is 0. The molecule has 0 fully saturated rings. The fraction of sp³-hybridized carbons (Fsp3) is 0.333. The summed E-state index contributed by atoms with van der Waals surface area (Å²) in [4.78, 5) is 0. The van der Waals surface area contributed by atoms with Crippen molar-refractivity contribution in [3.63, 3.8) is 0 Å². The lowest BCUT2D eigenvalue weighted by atomic mass is 9.97. The lowest BCUT2D eigenvalue weighted by Gasteiger charge is -2.14. The Balaban J connectivity index is 0.00000196. The molecular weight excluding hydrogens is 213 g/mol. The van der Waals surface area contributed by atoms with Crippen molar-refractivity contribution in [2.75, 3.05) is 0 Å². The average molecular weight is 230 g/mol. The Morgan fingerprint density at radius 3 is 2.67 bits per heavy atom. The van der Waals surface area contributed by atoms with Gasteiger partial charge in [0.2, 0.25) is 0 Å². The number of benzene rings is 1. The maximum Gasteiger partial charge on any atom is 0.126 e. The molecule has 15 heavy (non-hydrogen) atoms. The molecule has 0 aliphatic carbocycles. The Bertz CT molecular complexity index is 349. The summed E-state index contributed by atoms with van der Waals surface area (Å²) in [5.41, 5.74) is 8.46. The summed E-state index contributed by atoms with van der Waals surface area (Å²) in [6.07, 6.45) is 0.699. The Hall–Kier alpha value is -0.860. The maximum atomic E-state index is 13.2. The van der Waals surface area contributed by atoms with Gasteiger partial charge in [-0.05, 0) is 37.5 Å². The van der Waals surface area contributed by atoms with E-state index in [0.29, 0.717) is 12.0 Å². The molecule has 1 nitrogen and oxygen atoms in total. The highest BCUT2D eigenvalue weighted by Crippen LogP contribution is 2.22. The summed E-state index contributed by atoms with van der Waals surface area (Å²) in [6.45, 7) is 7.48. The first-order valence-electron chi connectivity index (χ1n) is 4.67. The molecule has 1 aromatic rings. The minimum Gasteiger partial charge on any atom is -0.324 e. The minimum absolute atomic E-state index is 0. The van der Waals surface area contributed by atoms with E-state index in [1.807, 2.05) is 13.0 Å². The molecule has 0 aliphatic heterocycles. The number of rotatable bonds is 3. The standard InChI is InChI=1S/C12H16FN.ClH/c1-8(2)7-12(14)10-5-4-6-11(13)9(10)3;/h4-6,12H,1,7,14H2,2-3H3;1H/t12-;/m1./s1. The molecule has 0 spiro atoms. The van der Waals surface area contributed by atoms with Gasteiger partial charge in [-0.3, -0.25) is 0 Å². The predicted octanol–water partition coefficient (Wildman–Crippen LogP) is 3.52. The molecule has 0 bridgehead atoms. The van der Waals surface area contributed by atoms with Crippen LogP contribution in [0, 0.1) is 12.7 Å². The normalized spacial score (nSPS) is 11.7. The fourth-order valence-electron chi connectivity index (χ4n) is 1.51. The lowest BCUT2D eigenvalue weighted by molar-refractivity contribution is 0.606. The summed E-state index contributed by atoms with van der Waals surface area (Å²) >= 11 is 0. The topological polar surface area (TPSA) is 26.0 Å². The van der Waals surface area contributed by atoms with Crippen LogP contribution < -0.4 is 5.73 Å². The second-order valence-corrected chi connectivity index (χ2v) is 3.72. The molecule has 3 heteroatoms. The molecule has 1 rings (SSSR count). The molecule has 0 radical (unpaired) electrons. The van der Waals surface area contributed by atoms with E-state index >= 15 is 0 Å². The van der Waals surface area contributed by atoms with Crippen molar-refractivity contribution in [3.05, 3.63) is 47.3 Å². The molecule has 0 saturated heterocycles. The van der Waals surface area contributed by atoms with E-state index in [2.05, 4.69) is 6.58 Å². The van der Waals surface area contributed by atoms with Crippen molar-refractivity contribution in [1.82, 2.24) is 0 Å². The minimum atomic E-state index is -0.195. The molecule has 0 unspecified atom stereocenters. The summed E-state index contributed by atoms with van der Waals surface area (Å²) < 4.78 is 13.2. The van der Waals surface area contributed by atoms with Crippen molar-refractivity contribution in [2.45, 2.75) is 26.3 Å². The van der Waals surface area contributed by atoms with E-state index in [1.54, 1.807) is 13.0 Å². The Kier molecular flexibility index (Phi) is 5.55. The third-order valence-electron chi connectivity index (χ3n) is 2.28. The van der Waals surface area contributed by atoms with E-state index in [-0.39, 0.29) is 24.3 Å². The van der Waals surface area contributed by atoms with Crippen LogP contribution in [0.5, 0.6) is 0 Å². The van der Waals surface area contributed by atoms with E-state index < -0.39 is 0 Å². The second-order valence-electron chi connectivity index (χ2n) is 3.72. The molecule has 1 aromatic carbocycles. The van der Waals surface area contributed by atoms with Gasteiger partial charge >= 0.3 is 0 Å². The summed E-state index contributed by atoms with van der Waals surface area (Å²) in [5, 5.41) is 0. The van der Waals surface area contributed by atoms with Gasteiger partial charge in [-0.25, -0.2) is 4.39 Å². The molecule has 0 amide bonds. The highest BCUT2D eigenvalue weighted by molar-refractivity contribution is 5.85. The van der Waals surface area contributed by atoms with Crippen LogP contribution in [-0.2, 0) is 0 Å². The maximum absolute atomic E-state index is 13.2. The van der Waals surface area contributed by atoms with E-state index in [1.165, 1.54) is 6.07 Å². The Morgan fingerprint density at radius 2 is 2.13 bits per heavy atom. The molecule has 0 saturated carbocycles. The van der Waals surface area contributed by atoms with Crippen molar-refractivity contribution in [3.8, 4) is 0 Å². The highest BCUT2D eigenvalue weighted by Gasteiger charge is 2.10. The van der Waals surface area contributed by atoms with Crippen LogP contribution in [0.15, 0.2) is 30.4 Å². The van der Waals surface area contributed by atoms with E-state index in [4.69, 9.17) is 5.73 Å². The summed E-state index contributed by atoms with van der Waals surface area (Å²) in [5.74, 6) is -0.195. The second kappa shape index (κ2) is 5.89. The van der Waals surface area contributed by atoms with Crippen LogP contribution in [0.25, 0.3) is 0 Å². The van der Waals surface area contributed by atoms with Crippen molar-refractivity contribution < 1.29 is 4.39 Å². The van der Waals surface area contributed by atoms with Gasteiger partial charge in [0.25, 0.3) is 0 Å². The zero-order valence-electron chi connectivity index (χ0n) is 9.09. The van der Waals surface area contributed by atoms with Crippen LogP contribution in [-0.4, -0.2) is 0 Å². The summed E-state index contributed by atoms with van der Waals surface area (Å²) in [6, 6.07) is 4.86. The van der Waals surface area contributed by atoms with Crippen molar-refractivity contribution in [1.29, 1.82) is 0 Å². The molecule has 0 aliphatic rings. The predicted molar refractivity (Wildman–Crippen MR) is 64.7 cm³/mol. The van der Waals surface area contributed by atoms with Gasteiger partial charge in [0.05, 0.1) is 0 Å². The van der Waals surface area contributed by atoms with Crippen LogP contribution >= 0.6 is 12.4 Å². The van der Waals surface area contributed by atoms with Gasteiger partial charge in [0.15, 0.2) is 0 Å². The van der Waals surface area contributed by atoms with Crippen LogP contribution in [0.3, 0.4) is 0 Å². The Morgan fingerprint density at radius 1 is 1.53 bits per heavy atom. The zero-order valence-corrected chi connectivity index (χ0v) is 9.90. The SMILES string of the molecule is C=C(C)C[C@@H](N)c1cccc(F)c1C.Cl. The van der Waals surface area contributed by atoms with Gasteiger partial charge in [0.1, 0.15) is 5.82 Å². The van der Waals surface area contributed by atoms with Crippen LogP contribution in [0.4, 0.5) is 4.39 Å². The van der Waals surface area contributed by atoms with Crippen molar-refractivity contribution in [2.24, 2.45) is 5.73 Å². The van der Waals surface area contributed by atoms with Crippen LogP contribution in [0.1, 0.15) is 30.5 Å². The zero-order chi connectivity index (χ0) is 10.7. The molecule has 1 atom stereocenters. The van der Waals surface area contributed by atoms with Crippen LogP contribution in [0.2, 0.25) is 0 Å². The first kappa shape index (κ1) is 14.1. The molecule has 2 N–H and O–H groups in total. The first-order valence-corrected chi connectivity index (χ1v) is 4.67. The number of hydrogen-bond acceptors (Lipinski definition) is 1. The van der Waals surface area contributed by atoms with E-state index in [0.717, 1.165) is 11.1 Å². The van der Waals surface area contributed by atoms with E-state index in [9.17, 15) is 4.39 Å². The fourth-order valence-corrected chi connectivity index (χ4v) is 1.51. The van der Waals surface area contributed by atoms with Gasteiger partial charge in [-0.1, -0.05) is 17.7 Å². The quantitative estimate of drug-likeness (QED) is 0.789. The van der Waals surface area contributed by atoms with Gasteiger partial charge in [0, 0.05) is 6.04 Å². The third kappa shape index (κ3) is 3.65. The number of halogens is 2. The first-order chi connectivity index (χ1) is 6.52. The smallest absolute Gasteiger partial charge is 0.126 e. The molecule has 0 aromatic heterocycles.